The van der Waals surface area contributed by atoms with Gasteiger partial charge in [-0.3, -0.25) is 9.48 Å². The van der Waals surface area contributed by atoms with Crippen molar-refractivity contribution in [1.29, 1.82) is 0 Å². The van der Waals surface area contributed by atoms with E-state index in [1.54, 1.807) is 0 Å². The summed E-state index contributed by atoms with van der Waals surface area (Å²) in [6, 6.07) is 9.80. The molecule has 0 saturated carbocycles. The summed E-state index contributed by atoms with van der Waals surface area (Å²) in [5.74, 6) is 2.00. The van der Waals surface area contributed by atoms with Crippen LogP contribution in [0.15, 0.2) is 30.3 Å². The van der Waals surface area contributed by atoms with Crippen molar-refractivity contribution in [2.24, 2.45) is 0 Å². The summed E-state index contributed by atoms with van der Waals surface area (Å²) in [6.45, 7) is 6.23. The van der Waals surface area contributed by atoms with E-state index in [1.807, 2.05) is 42.8 Å². The zero-order valence-electron chi connectivity index (χ0n) is 17.2. The zero-order chi connectivity index (χ0) is 20.2. The maximum absolute atomic E-state index is 12.6. The Labute approximate surface area is 171 Å². The molecule has 7 heteroatoms. The molecule has 0 atom stereocenters. The quantitative estimate of drug-likeness (QED) is 0.700. The first-order chi connectivity index (χ1) is 14.1. The summed E-state index contributed by atoms with van der Waals surface area (Å²) < 4.78 is 4.19. The smallest absolute Gasteiger partial charge is 0.251 e. The highest BCUT2D eigenvalue weighted by Gasteiger charge is 2.15. The van der Waals surface area contributed by atoms with Crippen molar-refractivity contribution < 1.29 is 4.79 Å². The third-order valence-electron chi connectivity index (χ3n) is 5.45. The summed E-state index contributed by atoms with van der Waals surface area (Å²) in [5.41, 5.74) is 3.85. The van der Waals surface area contributed by atoms with Gasteiger partial charge in [0.05, 0.1) is 12.2 Å². The lowest BCUT2D eigenvalue weighted by molar-refractivity contribution is 0.0953. The number of rotatable bonds is 6. The van der Waals surface area contributed by atoms with E-state index >= 15 is 0 Å². The lowest BCUT2D eigenvalue weighted by Crippen LogP contribution is -2.26. The highest BCUT2D eigenvalue weighted by molar-refractivity contribution is 5.94. The van der Waals surface area contributed by atoms with Crippen LogP contribution in [-0.4, -0.2) is 37.0 Å². The molecular weight excluding hydrogens is 364 g/mol. The molecule has 0 spiro atoms. The van der Waals surface area contributed by atoms with Crippen LogP contribution in [0, 0.1) is 13.8 Å². The summed E-state index contributed by atoms with van der Waals surface area (Å²) in [7, 11) is 0. The van der Waals surface area contributed by atoms with Crippen molar-refractivity contribution in [3.63, 3.8) is 0 Å². The van der Waals surface area contributed by atoms with E-state index in [2.05, 4.69) is 31.2 Å². The van der Waals surface area contributed by atoms with Crippen LogP contribution in [0.1, 0.15) is 58.2 Å². The Morgan fingerprint density at radius 1 is 1.14 bits per heavy atom. The third kappa shape index (κ3) is 4.55. The largest absolute Gasteiger partial charge is 0.352 e. The van der Waals surface area contributed by atoms with E-state index in [9.17, 15) is 4.79 Å². The number of hydrogen-bond acceptors (Lipinski definition) is 4. The molecule has 1 aliphatic rings. The summed E-state index contributed by atoms with van der Waals surface area (Å²) in [5, 5.41) is 16.2. The molecule has 0 radical (unpaired) electrons. The molecular formula is C22H28N6O. The highest BCUT2D eigenvalue weighted by atomic mass is 16.1. The Bertz CT molecular complexity index is 1000. The van der Waals surface area contributed by atoms with E-state index in [-0.39, 0.29) is 5.91 Å². The van der Waals surface area contributed by atoms with E-state index in [0.29, 0.717) is 25.1 Å². The number of carbonyl (C=O) groups is 1. The molecule has 3 aromatic rings. The van der Waals surface area contributed by atoms with Gasteiger partial charge in [0, 0.05) is 37.2 Å². The summed E-state index contributed by atoms with van der Waals surface area (Å²) in [4.78, 5) is 12.6. The number of nitrogens with zero attached hydrogens (tertiary/aromatic N) is 5. The van der Waals surface area contributed by atoms with Gasteiger partial charge < -0.3 is 9.88 Å². The molecule has 3 heterocycles. The topological polar surface area (TPSA) is 77.6 Å². The molecule has 0 saturated heterocycles. The Hall–Kier alpha value is -2.96. The summed E-state index contributed by atoms with van der Waals surface area (Å²) >= 11 is 0. The van der Waals surface area contributed by atoms with Crippen LogP contribution in [-0.2, 0) is 25.9 Å². The lowest BCUT2D eigenvalue weighted by Gasteiger charge is -2.09. The van der Waals surface area contributed by atoms with Crippen molar-refractivity contribution in [2.75, 3.05) is 6.54 Å². The Morgan fingerprint density at radius 3 is 2.86 bits per heavy atom. The van der Waals surface area contributed by atoms with Gasteiger partial charge in [-0.25, -0.2) is 0 Å². The van der Waals surface area contributed by atoms with Gasteiger partial charge >= 0.3 is 0 Å². The summed E-state index contributed by atoms with van der Waals surface area (Å²) in [6.07, 6.45) is 5.30. The molecule has 0 unspecified atom stereocenters. The minimum absolute atomic E-state index is 0.0594. The predicted octanol–water partition coefficient (Wildman–Crippen LogP) is 2.84. The molecule has 4 rings (SSSR count). The van der Waals surface area contributed by atoms with E-state index < -0.39 is 0 Å². The predicted molar refractivity (Wildman–Crippen MR) is 111 cm³/mol. The van der Waals surface area contributed by atoms with Crippen LogP contribution in [0.2, 0.25) is 0 Å². The van der Waals surface area contributed by atoms with Crippen molar-refractivity contribution in [3.8, 4) is 0 Å². The monoisotopic (exact) mass is 392 g/mol. The van der Waals surface area contributed by atoms with E-state index in [4.69, 9.17) is 0 Å². The average Bonchev–Trinajstić information content (AvgIpc) is 3.13. The molecule has 0 aliphatic carbocycles. The lowest BCUT2D eigenvalue weighted by atomic mass is 10.1. The maximum atomic E-state index is 12.6. The molecule has 1 amide bonds. The molecule has 0 bridgehead atoms. The number of nitrogens with one attached hydrogen (secondary N) is 1. The van der Waals surface area contributed by atoms with Crippen LogP contribution in [0.5, 0.6) is 0 Å². The van der Waals surface area contributed by atoms with Crippen LogP contribution >= 0.6 is 0 Å². The molecule has 7 nitrogen and oxygen atoms in total. The first kappa shape index (κ1) is 19.4. The van der Waals surface area contributed by atoms with Gasteiger partial charge in [-0.1, -0.05) is 18.6 Å². The second-order valence-corrected chi connectivity index (χ2v) is 7.79. The standard InChI is InChI=1S/C22H28N6O/c1-16-13-17(2)28(26-16)15-18-7-6-8-19(14-18)22(29)23-11-10-21-25-24-20-9-4-3-5-12-27(20)21/h6-8,13-14H,3-5,9-12,15H2,1-2H3,(H,23,29). The minimum Gasteiger partial charge on any atom is -0.352 e. The Kier molecular flexibility index (Phi) is 5.74. The Balaban J connectivity index is 1.35. The fourth-order valence-corrected chi connectivity index (χ4v) is 3.94. The van der Waals surface area contributed by atoms with Gasteiger partial charge in [-0.2, -0.15) is 5.10 Å². The highest BCUT2D eigenvalue weighted by Crippen LogP contribution is 2.15. The SMILES string of the molecule is Cc1cc(C)n(Cc2cccc(C(=O)NCCc3nnc4n3CCCCC4)c2)n1. The molecule has 0 fully saturated rings. The molecule has 29 heavy (non-hydrogen) atoms. The maximum Gasteiger partial charge on any atom is 0.251 e. The van der Waals surface area contributed by atoms with Crippen LogP contribution in [0.3, 0.4) is 0 Å². The number of fused-ring (bicyclic) bond motifs is 1. The van der Waals surface area contributed by atoms with Gasteiger partial charge in [-0.15, -0.1) is 10.2 Å². The van der Waals surface area contributed by atoms with Crippen molar-refractivity contribution in [1.82, 2.24) is 29.9 Å². The number of aryl methyl sites for hydroxylation is 3. The average molecular weight is 393 g/mol. The van der Waals surface area contributed by atoms with Crippen molar-refractivity contribution >= 4 is 5.91 Å². The van der Waals surface area contributed by atoms with Gasteiger partial charge in [0.2, 0.25) is 0 Å². The van der Waals surface area contributed by atoms with Crippen molar-refractivity contribution in [2.45, 2.75) is 59.0 Å². The molecule has 1 aliphatic heterocycles. The van der Waals surface area contributed by atoms with Crippen molar-refractivity contribution in [3.05, 3.63) is 64.5 Å². The minimum atomic E-state index is -0.0594. The number of amides is 1. The number of carbonyl (C=O) groups excluding carboxylic acids is 1. The van der Waals surface area contributed by atoms with E-state index in [1.165, 1.54) is 19.3 Å². The van der Waals surface area contributed by atoms with Crippen LogP contribution in [0.4, 0.5) is 0 Å². The second-order valence-electron chi connectivity index (χ2n) is 7.79. The van der Waals surface area contributed by atoms with Crippen LogP contribution in [0.25, 0.3) is 0 Å². The van der Waals surface area contributed by atoms with Gasteiger partial charge in [0.1, 0.15) is 11.6 Å². The molecule has 1 N–H and O–H groups in total. The fourth-order valence-electron chi connectivity index (χ4n) is 3.94. The number of aromatic nitrogens is 5. The third-order valence-corrected chi connectivity index (χ3v) is 5.45. The fraction of sp³-hybridized carbons (Fsp3) is 0.455. The second kappa shape index (κ2) is 8.59. The van der Waals surface area contributed by atoms with E-state index in [0.717, 1.165) is 41.6 Å². The molecule has 152 valence electrons. The molecule has 1 aromatic carbocycles. The first-order valence-corrected chi connectivity index (χ1v) is 10.4. The van der Waals surface area contributed by atoms with Gasteiger partial charge in [0.25, 0.3) is 5.91 Å². The normalized spacial score (nSPS) is 13.7. The van der Waals surface area contributed by atoms with Gasteiger partial charge in [-0.05, 0) is 50.5 Å². The Morgan fingerprint density at radius 2 is 2.03 bits per heavy atom. The number of hydrogen-bond donors (Lipinski definition) is 1. The van der Waals surface area contributed by atoms with Crippen LogP contribution < -0.4 is 5.32 Å². The zero-order valence-corrected chi connectivity index (χ0v) is 17.2. The first-order valence-electron chi connectivity index (χ1n) is 10.4. The number of benzene rings is 1. The van der Waals surface area contributed by atoms with Gasteiger partial charge in [0.15, 0.2) is 0 Å². The molecule has 2 aromatic heterocycles.